The van der Waals surface area contributed by atoms with Crippen LogP contribution in [0.2, 0.25) is 5.02 Å². The van der Waals surface area contributed by atoms with Crippen molar-refractivity contribution in [3.8, 4) is 5.75 Å². The van der Waals surface area contributed by atoms with Crippen molar-refractivity contribution in [1.29, 1.82) is 0 Å². The number of carbonyl (C=O) groups is 1. The number of carbonyl (C=O) groups excluding carboxylic acids is 1. The highest BCUT2D eigenvalue weighted by Crippen LogP contribution is 2.28. The van der Waals surface area contributed by atoms with Gasteiger partial charge in [-0.05, 0) is 49.4 Å². The van der Waals surface area contributed by atoms with Gasteiger partial charge in [-0.2, -0.15) is 5.10 Å². The van der Waals surface area contributed by atoms with Gasteiger partial charge in [-0.25, -0.2) is 0 Å². The first kappa shape index (κ1) is 18.5. The van der Waals surface area contributed by atoms with E-state index in [1.807, 2.05) is 6.07 Å². The van der Waals surface area contributed by atoms with Crippen molar-refractivity contribution in [2.75, 3.05) is 0 Å². The van der Waals surface area contributed by atoms with Gasteiger partial charge in [-0.3, -0.25) is 9.48 Å². The van der Waals surface area contributed by atoms with E-state index in [2.05, 4.69) is 21.0 Å². The third kappa shape index (κ3) is 4.45. The summed E-state index contributed by atoms with van der Waals surface area (Å²) in [5.74, 6) is 1.66. The summed E-state index contributed by atoms with van der Waals surface area (Å²) in [5.41, 5.74) is 1.27. The molecule has 5 nitrogen and oxygen atoms in total. The van der Waals surface area contributed by atoms with Gasteiger partial charge < -0.3 is 9.15 Å². The third-order valence-electron chi connectivity index (χ3n) is 3.62. The topological polar surface area (TPSA) is 57.3 Å². The lowest BCUT2D eigenvalue weighted by Crippen LogP contribution is -1.94. The number of ether oxygens (including phenoxy) is 1. The highest BCUT2D eigenvalue weighted by Gasteiger charge is 2.10. The molecule has 26 heavy (non-hydrogen) atoms. The van der Waals surface area contributed by atoms with Crippen LogP contribution in [0, 0.1) is 6.92 Å². The fourth-order valence-corrected chi connectivity index (χ4v) is 3.12. The van der Waals surface area contributed by atoms with Gasteiger partial charge >= 0.3 is 0 Å². The average Bonchev–Trinajstić information content (AvgIpc) is 3.18. The molecule has 0 aliphatic carbocycles. The van der Waals surface area contributed by atoms with Gasteiger partial charge in [0.05, 0.1) is 16.3 Å². The maximum atomic E-state index is 12.2. The SMILES string of the molecule is Cc1nn(C)cc1C(=O)/C=C/c1ccc(COc2ccc(Br)cc2Cl)o1. The van der Waals surface area contributed by atoms with Crippen LogP contribution >= 0.6 is 27.5 Å². The molecule has 2 aromatic heterocycles. The Morgan fingerprint density at radius 3 is 2.88 bits per heavy atom. The Labute approximate surface area is 164 Å². The lowest BCUT2D eigenvalue weighted by molar-refractivity contribution is 0.104. The molecule has 3 rings (SSSR count). The second kappa shape index (κ2) is 7.93. The van der Waals surface area contributed by atoms with Gasteiger partial charge in [0, 0.05) is 17.7 Å². The van der Waals surface area contributed by atoms with Gasteiger partial charge in [0.25, 0.3) is 0 Å². The molecule has 134 valence electrons. The van der Waals surface area contributed by atoms with E-state index in [0.717, 1.165) is 4.47 Å². The molecule has 0 bridgehead atoms. The lowest BCUT2D eigenvalue weighted by atomic mass is 10.1. The molecule has 0 unspecified atom stereocenters. The van der Waals surface area contributed by atoms with E-state index in [0.29, 0.717) is 33.6 Å². The first-order valence-electron chi connectivity index (χ1n) is 7.81. The lowest BCUT2D eigenvalue weighted by Gasteiger charge is -2.06. The summed E-state index contributed by atoms with van der Waals surface area (Å²) >= 11 is 9.47. The molecule has 7 heteroatoms. The molecule has 3 aromatic rings. The van der Waals surface area contributed by atoms with Crippen LogP contribution in [0.15, 0.2) is 51.5 Å². The molecule has 0 radical (unpaired) electrons. The molecule has 2 heterocycles. The second-order valence-electron chi connectivity index (χ2n) is 5.67. The number of rotatable bonds is 6. The fourth-order valence-electron chi connectivity index (χ4n) is 2.39. The first-order chi connectivity index (χ1) is 12.4. The molecule has 0 N–H and O–H groups in total. The monoisotopic (exact) mass is 434 g/mol. The van der Waals surface area contributed by atoms with Crippen LogP contribution in [0.5, 0.6) is 5.75 Å². The number of hydrogen-bond donors (Lipinski definition) is 0. The minimum atomic E-state index is -0.119. The zero-order valence-corrected chi connectivity index (χ0v) is 16.5. The summed E-state index contributed by atoms with van der Waals surface area (Å²) in [5, 5.41) is 4.68. The van der Waals surface area contributed by atoms with Crippen LogP contribution in [-0.4, -0.2) is 15.6 Å². The summed E-state index contributed by atoms with van der Waals surface area (Å²) in [6.45, 7) is 2.04. The molecule has 0 spiro atoms. The van der Waals surface area contributed by atoms with Crippen LogP contribution in [0.3, 0.4) is 0 Å². The van der Waals surface area contributed by atoms with Gasteiger partial charge in [-0.15, -0.1) is 0 Å². The molecule has 1 aromatic carbocycles. The van der Waals surface area contributed by atoms with E-state index in [4.69, 9.17) is 20.8 Å². The van der Waals surface area contributed by atoms with E-state index in [1.54, 1.807) is 55.2 Å². The Morgan fingerprint density at radius 2 is 2.19 bits per heavy atom. The van der Waals surface area contributed by atoms with Crippen molar-refractivity contribution >= 4 is 39.4 Å². The predicted molar refractivity (Wildman–Crippen MR) is 104 cm³/mol. The standard InChI is InChI=1S/C19H16BrClN2O3/c1-12-16(10-23(2)22-12)18(24)7-6-14-4-5-15(26-14)11-25-19-8-3-13(20)9-17(19)21/h3-10H,11H2,1-2H3/b7-6+. The summed E-state index contributed by atoms with van der Waals surface area (Å²) in [6, 6.07) is 8.97. The van der Waals surface area contributed by atoms with Crippen LogP contribution in [-0.2, 0) is 13.7 Å². The number of nitrogens with zero attached hydrogens (tertiary/aromatic N) is 2. The Bertz CT molecular complexity index is 975. The Balaban J connectivity index is 1.62. The molecule has 0 aliphatic heterocycles. The maximum Gasteiger partial charge on any atom is 0.189 e. The number of allylic oxidation sites excluding steroid dienone is 1. The maximum absolute atomic E-state index is 12.2. The van der Waals surface area contributed by atoms with Crippen LogP contribution < -0.4 is 4.74 Å². The third-order valence-corrected chi connectivity index (χ3v) is 4.41. The summed E-state index contributed by atoms with van der Waals surface area (Å²) in [7, 11) is 1.78. The Hall–Kier alpha value is -2.31. The molecule has 0 atom stereocenters. The number of furan rings is 1. The number of ketones is 1. The van der Waals surface area contributed by atoms with Crippen LogP contribution in [0.25, 0.3) is 6.08 Å². The van der Waals surface area contributed by atoms with Crippen molar-refractivity contribution < 1.29 is 13.9 Å². The highest BCUT2D eigenvalue weighted by molar-refractivity contribution is 9.10. The van der Waals surface area contributed by atoms with Crippen molar-refractivity contribution in [2.24, 2.45) is 7.05 Å². The number of benzene rings is 1. The quantitative estimate of drug-likeness (QED) is 0.394. The molecule has 0 aliphatic rings. The Kier molecular flexibility index (Phi) is 5.64. The van der Waals surface area contributed by atoms with E-state index in [1.165, 1.54) is 6.08 Å². The molecular weight excluding hydrogens is 420 g/mol. The van der Waals surface area contributed by atoms with Gasteiger partial charge in [0.2, 0.25) is 0 Å². The normalized spacial score (nSPS) is 11.2. The van der Waals surface area contributed by atoms with E-state index >= 15 is 0 Å². The van der Waals surface area contributed by atoms with Gasteiger partial charge in [0.15, 0.2) is 5.78 Å². The zero-order chi connectivity index (χ0) is 18.7. The van der Waals surface area contributed by atoms with Crippen molar-refractivity contribution in [2.45, 2.75) is 13.5 Å². The second-order valence-corrected chi connectivity index (χ2v) is 6.99. The summed E-state index contributed by atoms with van der Waals surface area (Å²) < 4.78 is 13.8. The molecule has 0 saturated heterocycles. The minimum Gasteiger partial charge on any atom is -0.484 e. The predicted octanol–water partition coefficient (Wildman–Crippen LogP) is 5.21. The molecular formula is C19H16BrClN2O3. The Morgan fingerprint density at radius 1 is 1.38 bits per heavy atom. The summed E-state index contributed by atoms with van der Waals surface area (Å²) in [4.78, 5) is 12.2. The van der Waals surface area contributed by atoms with Crippen LogP contribution in [0.1, 0.15) is 27.6 Å². The smallest absolute Gasteiger partial charge is 0.189 e. The zero-order valence-electron chi connectivity index (χ0n) is 14.2. The fraction of sp³-hybridized carbons (Fsp3) is 0.158. The molecule has 0 saturated carbocycles. The van der Waals surface area contributed by atoms with E-state index in [-0.39, 0.29) is 12.4 Å². The first-order valence-corrected chi connectivity index (χ1v) is 8.98. The van der Waals surface area contributed by atoms with E-state index < -0.39 is 0 Å². The number of aryl methyl sites for hydroxylation is 2. The average molecular weight is 436 g/mol. The van der Waals surface area contributed by atoms with Crippen molar-refractivity contribution in [3.05, 3.63) is 74.9 Å². The summed E-state index contributed by atoms with van der Waals surface area (Å²) in [6.07, 6.45) is 4.80. The minimum absolute atomic E-state index is 0.119. The largest absolute Gasteiger partial charge is 0.484 e. The van der Waals surface area contributed by atoms with E-state index in [9.17, 15) is 4.79 Å². The highest BCUT2D eigenvalue weighted by atomic mass is 79.9. The number of hydrogen-bond acceptors (Lipinski definition) is 4. The van der Waals surface area contributed by atoms with Crippen molar-refractivity contribution in [1.82, 2.24) is 9.78 Å². The van der Waals surface area contributed by atoms with Gasteiger partial charge in [0.1, 0.15) is 23.9 Å². The number of aromatic nitrogens is 2. The van der Waals surface area contributed by atoms with Crippen LogP contribution in [0.4, 0.5) is 0 Å². The van der Waals surface area contributed by atoms with Gasteiger partial charge in [-0.1, -0.05) is 27.5 Å². The number of halogens is 2. The molecule has 0 fully saturated rings. The van der Waals surface area contributed by atoms with Crippen molar-refractivity contribution in [3.63, 3.8) is 0 Å². The molecule has 0 amide bonds.